The van der Waals surface area contributed by atoms with Gasteiger partial charge in [-0.25, -0.2) is 14.8 Å². The Balaban J connectivity index is 1.36. The van der Waals surface area contributed by atoms with Gasteiger partial charge in [-0.1, -0.05) is 84.4 Å². The van der Waals surface area contributed by atoms with E-state index < -0.39 is 0 Å². The fraction of sp³-hybridized carbons (Fsp3) is 0.258. The smallest absolute Gasteiger partial charge is 0.317 e. The summed E-state index contributed by atoms with van der Waals surface area (Å²) in [6.07, 6.45) is 0.772. The second-order valence-corrected chi connectivity index (χ2v) is 9.59. The Morgan fingerprint density at radius 1 is 0.811 bits per heavy atom. The van der Waals surface area contributed by atoms with Crippen molar-refractivity contribution in [3.8, 4) is 11.4 Å². The molecule has 1 aliphatic rings. The van der Waals surface area contributed by atoms with Crippen LogP contribution in [0.5, 0.6) is 0 Å². The molecule has 5 rings (SSSR count). The minimum Gasteiger partial charge on any atom is -0.353 e. The third kappa shape index (κ3) is 5.97. The summed E-state index contributed by atoms with van der Waals surface area (Å²) in [7, 11) is 0. The van der Waals surface area contributed by atoms with Crippen molar-refractivity contribution in [2.75, 3.05) is 31.1 Å². The second-order valence-electron chi connectivity index (χ2n) is 9.59. The van der Waals surface area contributed by atoms with E-state index in [2.05, 4.69) is 66.5 Å². The lowest BCUT2D eigenvalue weighted by Gasteiger charge is -2.36. The summed E-state index contributed by atoms with van der Waals surface area (Å²) in [6, 6.07) is 28.8. The number of amides is 2. The molecule has 1 aliphatic heterocycles. The van der Waals surface area contributed by atoms with Gasteiger partial charge in [0.25, 0.3) is 0 Å². The lowest BCUT2D eigenvalue weighted by molar-refractivity contribution is 0.194. The monoisotopic (exact) mass is 491 g/mol. The van der Waals surface area contributed by atoms with Crippen molar-refractivity contribution in [1.29, 1.82) is 0 Å². The molecule has 0 spiro atoms. The third-order valence-electron chi connectivity index (χ3n) is 6.85. The minimum absolute atomic E-state index is 0.0210. The molecular weight excluding hydrogens is 458 g/mol. The number of urea groups is 1. The summed E-state index contributed by atoms with van der Waals surface area (Å²) in [5.41, 5.74) is 6.68. The predicted octanol–water partition coefficient (Wildman–Crippen LogP) is 5.38. The van der Waals surface area contributed by atoms with Crippen LogP contribution in [-0.4, -0.2) is 47.1 Å². The third-order valence-corrected chi connectivity index (χ3v) is 6.85. The SMILES string of the molecule is Cc1cccc(-c2nc(C)c(Cc3ccccc3)c(N3CCN(C(=O)NCc4ccccc4)CC3)n2)c1. The Labute approximate surface area is 219 Å². The highest BCUT2D eigenvalue weighted by atomic mass is 16.2. The average molecular weight is 492 g/mol. The van der Waals surface area contributed by atoms with E-state index in [-0.39, 0.29) is 6.03 Å². The van der Waals surface area contributed by atoms with Crippen molar-refractivity contribution in [1.82, 2.24) is 20.2 Å². The van der Waals surface area contributed by atoms with Crippen LogP contribution in [0.15, 0.2) is 84.9 Å². The van der Waals surface area contributed by atoms with Crippen molar-refractivity contribution < 1.29 is 4.79 Å². The quantitative estimate of drug-likeness (QED) is 0.393. The fourth-order valence-electron chi connectivity index (χ4n) is 4.77. The number of rotatable bonds is 6. The first-order chi connectivity index (χ1) is 18.1. The number of nitrogens with zero attached hydrogens (tertiary/aromatic N) is 4. The number of nitrogens with one attached hydrogen (secondary N) is 1. The molecule has 1 N–H and O–H groups in total. The van der Waals surface area contributed by atoms with Gasteiger partial charge >= 0.3 is 6.03 Å². The molecule has 1 fully saturated rings. The van der Waals surface area contributed by atoms with Crippen molar-refractivity contribution in [2.24, 2.45) is 0 Å². The minimum atomic E-state index is -0.0210. The van der Waals surface area contributed by atoms with E-state index >= 15 is 0 Å². The Morgan fingerprint density at radius 3 is 2.16 bits per heavy atom. The zero-order valence-corrected chi connectivity index (χ0v) is 21.5. The number of hydrogen-bond donors (Lipinski definition) is 1. The zero-order chi connectivity index (χ0) is 25.6. The molecule has 0 aliphatic carbocycles. The van der Waals surface area contributed by atoms with Crippen LogP contribution in [0.25, 0.3) is 11.4 Å². The van der Waals surface area contributed by atoms with Gasteiger partial charge in [0.15, 0.2) is 5.82 Å². The summed E-state index contributed by atoms with van der Waals surface area (Å²) >= 11 is 0. The molecule has 2 heterocycles. The maximum absolute atomic E-state index is 12.8. The highest BCUT2D eigenvalue weighted by Crippen LogP contribution is 2.28. The second kappa shape index (κ2) is 11.2. The molecule has 6 heteroatoms. The summed E-state index contributed by atoms with van der Waals surface area (Å²) in [4.78, 5) is 27.1. The normalized spacial score (nSPS) is 13.5. The molecule has 0 radical (unpaired) electrons. The van der Waals surface area contributed by atoms with Crippen molar-refractivity contribution in [3.05, 3.63) is 113 Å². The molecular formula is C31H33N5O. The predicted molar refractivity (Wildman–Crippen MR) is 149 cm³/mol. The molecule has 3 aromatic carbocycles. The summed E-state index contributed by atoms with van der Waals surface area (Å²) in [5.74, 6) is 1.72. The lowest BCUT2D eigenvalue weighted by atomic mass is 10.0. The van der Waals surface area contributed by atoms with Gasteiger partial charge in [-0.2, -0.15) is 0 Å². The summed E-state index contributed by atoms with van der Waals surface area (Å²) in [6.45, 7) is 7.45. The van der Waals surface area contributed by atoms with E-state index in [1.165, 1.54) is 11.1 Å². The van der Waals surface area contributed by atoms with Crippen LogP contribution < -0.4 is 10.2 Å². The van der Waals surface area contributed by atoms with Gasteiger partial charge in [-0.15, -0.1) is 0 Å². The molecule has 188 valence electrons. The number of aromatic nitrogens is 2. The van der Waals surface area contributed by atoms with Crippen LogP contribution in [0.1, 0.15) is 27.9 Å². The Morgan fingerprint density at radius 2 is 1.49 bits per heavy atom. The first-order valence-corrected chi connectivity index (χ1v) is 12.9. The van der Waals surface area contributed by atoms with Crippen LogP contribution in [0, 0.1) is 13.8 Å². The van der Waals surface area contributed by atoms with Crippen LogP contribution in [0.3, 0.4) is 0 Å². The first kappa shape index (κ1) is 24.5. The number of hydrogen-bond acceptors (Lipinski definition) is 4. The summed E-state index contributed by atoms with van der Waals surface area (Å²) < 4.78 is 0. The molecule has 4 aromatic rings. The molecule has 0 unspecified atom stereocenters. The molecule has 1 aromatic heterocycles. The van der Waals surface area contributed by atoms with Crippen LogP contribution in [-0.2, 0) is 13.0 Å². The van der Waals surface area contributed by atoms with Gasteiger partial charge in [0.05, 0.1) is 0 Å². The maximum atomic E-state index is 12.8. The number of aryl methyl sites for hydroxylation is 2. The Kier molecular flexibility index (Phi) is 7.45. The fourth-order valence-corrected chi connectivity index (χ4v) is 4.77. The molecule has 1 saturated heterocycles. The molecule has 0 saturated carbocycles. The molecule has 0 bridgehead atoms. The van der Waals surface area contributed by atoms with Crippen molar-refractivity contribution in [3.63, 3.8) is 0 Å². The van der Waals surface area contributed by atoms with E-state index in [0.717, 1.165) is 53.5 Å². The van der Waals surface area contributed by atoms with E-state index in [4.69, 9.17) is 9.97 Å². The van der Waals surface area contributed by atoms with E-state index in [9.17, 15) is 4.79 Å². The standard InChI is InChI=1S/C31H33N5O/c1-23-10-9-15-27(20-23)29-33-24(2)28(21-25-11-5-3-6-12-25)30(34-29)35-16-18-36(19-17-35)31(37)32-22-26-13-7-4-8-14-26/h3-15,20H,16-19,21-22H2,1-2H3,(H,32,37). The van der Waals surface area contributed by atoms with Crippen LogP contribution >= 0.6 is 0 Å². The Bertz CT molecular complexity index is 1350. The highest BCUT2D eigenvalue weighted by molar-refractivity contribution is 5.74. The van der Waals surface area contributed by atoms with E-state index in [1.54, 1.807) is 0 Å². The maximum Gasteiger partial charge on any atom is 0.317 e. The zero-order valence-electron chi connectivity index (χ0n) is 21.5. The van der Waals surface area contributed by atoms with Crippen LogP contribution in [0.4, 0.5) is 10.6 Å². The number of benzene rings is 3. The van der Waals surface area contributed by atoms with Gasteiger partial charge in [-0.3, -0.25) is 0 Å². The van der Waals surface area contributed by atoms with Crippen molar-refractivity contribution >= 4 is 11.8 Å². The molecule has 0 atom stereocenters. The van der Waals surface area contributed by atoms with E-state index in [0.29, 0.717) is 19.6 Å². The van der Waals surface area contributed by atoms with E-state index in [1.807, 2.05) is 47.4 Å². The molecule has 6 nitrogen and oxygen atoms in total. The summed E-state index contributed by atoms with van der Waals surface area (Å²) in [5, 5.41) is 3.06. The van der Waals surface area contributed by atoms with Gasteiger partial charge in [0, 0.05) is 56.0 Å². The lowest BCUT2D eigenvalue weighted by Crippen LogP contribution is -2.52. The molecule has 37 heavy (non-hydrogen) atoms. The van der Waals surface area contributed by atoms with Gasteiger partial charge in [0.2, 0.25) is 0 Å². The molecule has 2 amide bonds. The average Bonchev–Trinajstić information content (AvgIpc) is 2.94. The number of carbonyl (C=O) groups excluding carboxylic acids is 1. The number of piperazine rings is 1. The Hall–Kier alpha value is -4.19. The van der Waals surface area contributed by atoms with Gasteiger partial charge < -0.3 is 15.1 Å². The number of carbonyl (C=O) groups is 1. The van der Waals surface area contributed by atoms with Crippen LogP contribution in [0.2, 0.25) is 0 Å². The highest BCUT2D eigenvalue weighted by Gasteiger charge is 2.25. The topological polar surface area (TPSA) is 61.4 Å². The van der Waals surface area contributed by atoms with Crippen molar-refractivity contribution in [2.45, 2.75) is 26.8 Å². The largest absolute Gasteiger partial charge is 0.353 e. The first-order valence-electron chi connectivity index (χ1n) is 12.9. The van der Waals surface area contributed by atoms with Gasteiger partial charge in [-0.05, 0) is 31.0 Å². The van der Waals surface area contributed by atoms with Gasteiger partial charge in [0.1, 0.15) is 5.82 Å². The number of anilines is 1.